The summed E-state index contributed by atoms with van der Waals surface area (Å²) in [5, 5.41) is 6.46. The van der Waals surface area contributed by atoms with E-state index in [0.29, 0.717) is 5.92 Å². The Balaban J connectivity index is 1.69. The molecule has 1 aromatic rings. The quantitative estimate of drug-likeness (QED) is 0.844. The van der Waals surface area contributed by atoms with Gasteiger partial charge in [-0.2, -0.15) is 0 Å². The van der Waals surface area contributed by atoms with E-state index in [-0.39, 0.29) is 17.1 Å². The number of carbonyl (C=O) groups excluding carboxylic acids is 1. The second kappa shape index (κ2) is 6.97. The molecule has 1 saturated carbocycles. The Kier molecular flexibility index (Phi) is 5.19. The lowest BCUT2D eigenvalue weighted by Crippen LogP contribution is -2.44. The van der Waals surface area contributed by atoms with E-state index < -0.39 is 14.6 Å². The van der Waals surface area contributed by atoms with Gasteiger partial charge in [-0.3, -0.25) is 4.79 Å². The molecule has 2 fully saturated rings. The standard InChI is InChI=1S/C20H30N2O3S/c1-19(2,3)26(24,25)13-15-7-9-17(10-8-15)22-18(23)20-11-5-4-6-16(20)12-21-14-20/h7-10,16,21H,4-6,11-14H2,1-3H3,(H,22,23)/t16-,20+/m0/s1. The molecule has 2 N–H and O–H groups in total. The molecule has 5 nitrogen and oxygen atoms in total. The minimum atomic E-state index is -3.21. The number of sulfone groups is 1. The molecule has 0 radical (unpaired) electrons. The van der Waals surface area contributed by atoms with Gasteiger partial charge in [-0.25, -0.2) is 8.42 Å². The van der Waals surface area contributed by atoms with Gasteiger partial charge < -0.3 is 10.6 Å². The number of benzene rings is 1. The molecule has 6 heteroatoms. The second-order valence-corrected chi connectivity index (χ2v) is 11.5. The molecule has 144 valence electrons. The van der Waals surface area contributed by atoms with Gasteiger partial charge >= 0.3 is 0 Å². The first-order valence-corrected chi connectivity index (χ1v) is 11.1. The third-order valence-corrected chi connectivity index (χ3v) is 8.57. The number of hydrogen-bond acceptors (Lipinski definition) is 4. The number of fused-ring (bicyclic) bond motifs is 1. The van der Waals surface area contributed by atoms with Gasteiger partial charge in [0, 0.05) is 12.2 Å². The maximum Gasteiger partial charge on any atom is 0.232 e. The molecule has 2 atom stereocenters. The van der Waals surface area contributed by atoms with Crippen LogP contribution < -0.4 is 10.6 Å². The van der Waals surface area contributed by atoms with Crippen LogP contribution in [0.4, 0.5) is 5.69 Å². The van der Waals surface area contributed by atoms with E-state index in [1.54, 1.807) is 32.9 Å². The van der Waals surface area contributed by atoms with Gasteiger partial charge in [0.05, 0.1) is 15.9 Å². The highest BCUT2D eigenvalue weighted by Gasteiger charge is 2.49. The fourth-order valence-corrected chi connectivity index (χ4v) is 5.13. The normalized spacial score (nSPS) is 26.3. The summed E-state index contributed by atoms with van der Waals surface area (Å²) in [7, 11) is -3.21. The molecule has 1 aliphatic carbocycles. The Morgan fingerprint density at radius 3 is 2.58 bits per heavy atom. The van der Waals surface area contributed by atoms with E-state index in [9.17, 15) is 13.2 Å². The van der Waals surface area contributed by atoms with Gasteiger partial charge in [0.25, 0.3) is 0 Å². The van der Waals surface area contributed by atoms with E-state index in [1.165, 1.54) is 6.42 Å². The number of anilines is 1. The Morgan fingerprint density at radius 2 is 1.92 bits per heavy atom. The molecular weight excluding hydrogens is 348 g/mol. The van der Waals surface area contributed by atoms with Crippen LogP contribution in [0.15, 0.2) is 24.3 Å². The first-order chi connectivity index (χ1) is 12.1. The van der Waals surface area contributed by atoms with E-state index in [4.69, 9.17) is 0 Å². The minimum Gasteiger partial charge on any atom is -0.326 e. The van der Waals surface area contributed by atoms with Gasteiger partial charge in [0.2, 0.25) is 5.91 Å². The van der Waals surface area contributed by atoms with Crippen molar-refractivity contribution in [3.05, 3.63) is 29.8 Å². The molecule has 2 aliphatic rings. The maximum atomic E-state index is 13.0. The summed E-state index contributed by atoms with van der Waals surface area (Å²) in [6, 6.07) is 7.20. The molecule has 3 rings (SSSR count). The number of carbonyl (C=O) groups is 1. The van der Waals surface area contributed by atoms with Crippen molar-refractivity contribution in [3.63, 3.8) is 0 Å². The van der Waals surface area contributed by atoms with E-state index in [0.717, 1.165) is 43.6 Å². The third kappa shape index (κ3) is 3.67. The van der Waals surface area contributed by atoms with E-state index >= 15 is 0 Å². The number of rotatable bonds is 4. The highest BCUT2D eigenvalue weighted by atomic mass is 32.2. The zero-order valence-electron chi connectivity index (χ0n) is 16.0. The molecular formula is C20H30N2O3S. The summed E-state index contributed by atoms with van der Waals surface area (Å²) in [5.74, 6) is 0.537. The van der Waals surface area contributed by atoms with Crippen molar-refractivity contribution in [3.8, 4) is 0 Å². The molecule has 1 aliphatic heterocycles. The van der Waals surface area contributed by atoms with E-state index in [2.05, 4.69) is 10.6 Å². The van der Waals surface area contributed by atoms with Crippen LogP contribution in [0, 0.1) is 11.3 Å². The largest absolute Gasteiger partial charge is 0.326 e. The SMILES string of the molecule is CC(C)(C)S(=O)(=O)Cc1ccc(NC(=O)[C@@]23CCCC[C@H]2CNC3)cc1. The second-order valence-electron chi connectivity index (χ2n) is 8.75. The number of nitrogens with one attached hydrogen (secondary N) is 2. The Bertz CT molecular complexity index is 765. The molecule has 1 heterocycles. The first-order valence-electron chi connectivity index (χ1n) is 9.47. The fraction of sp³-hybridized carbons (Fsp3) is 0.650. The van der Waals surface area contributed by atoms with Crippen LogP contribution in [0.3, 0.4) is 0 Å². The maximum absolute atomic E-state index is 13.0. The highest BCUT2D eigenvalue weighted by molar-refractivity contribution is 7.91. The van der Waals surface area contributed by atoms with E-state index in [1.807, 2.05) is 12.1 Å². The van der Waals surface area contributed by atoms with Crippen LogP contribution in [-0.4, -0.2) is 32.2 Å². The van der Waals surface area contributed by atoms with Crippen molar-refractivity contribution in [2.45, 2.75) is 57.0 Å². The van der Waals surface area contributed by atoms with Crippen LogP contribution in [0.5, 0.6) is 0 Å². The van der Waals surface area contributed by atoms with Crippen LogP contribution in [0.2, 0.25) is 0 Å². The molecule has 1 aromatic carbocycles. The van der Waals surface area contributed by atoms with Crippen molar-refractivity contribution in [2.24, 2.45) is 11.3 Å². The summed E-state index contributed by atoms with van der Waals surface area (Å²) in [6.07, 6.45) is 4.37. The van der Waals surface area contributed by atoms with Crippen LogP contribution in [0.1, 0.15) is 52.0 Å². The molecule has 1 saturated heterocycles. The lowest BCUT2D eigenvalue weighted by Gasteiger charge is -2.37. The molecule has 0 spiro atoms. The number of amides is 1. The third-order valence-electron chi connectivity index (χ3n) is 5.99. The lowest BCUT2D eigenvalue weighted by molar-refractivity contribution is -0.128. The Morgan fingerprint density at radius 1 is 1.23 bits per heavy atom. The minimum absolute atomic E-state index is 0.0145. The van der Waals surface area contributed by atoms with Crippen molar-refractivity contribution in [2.75, 3.05) is 18.4 Å². The Labute approximate surface area is 156 Å². The topological polar surface area (TPSA) is 75.3 Å². The van der Waals surface area contributed by atoms with Crippen molar-refractivity contribution < 1.29 is 13.2 Å². The summed E-state index contributed by atoms with van der Waals surface area (Å²) in [5.41, 5.74) is 1.19. The molecule has 1 amide bonds. The van der Waals surface area contributed by atoms with Crippen LogP contribution >= 0.6 is 0 Å². The van der Waals surface area contributed by atoms with Crippen LogP contribution in [-0.2, 0) is 20.4 Å². The molecule has 0 bridgehead atoms. The lowest BCUT2D eigenvalue weighted by atomic mass is 9.67. The average molecular weight is 379 g/mol. The zero-order valence-corrected chi connectivity index (χ0v) is 16.8. The van der Waals surface area contributed by atoms with Crippen molar-refractivity contribution in [1.29, 1.82) is 0 Å². The first kappa shape index (κ1) is 19.4. The van der Waals surface area contributed by atoms with Gasteiger partial charge in [-0.15, -0.1) is 0 Å². The summed E-state index contributed by atoms with van der Waals surface area (Å²) in [6.45, 7) is 6.83. The van der Waals surface area contributed by atoms with Gasteiger partial charge in [0.15, 0.2) is 9.84 Å². The smallest absolute Gasteiger partial charge is 0.232 e. The highest BCUT2D eigenvalue weighted by Crippen LogP contribution is 2.44. The average Bonchev–Trinajstić information content (AvgIpc) is 3.00. The van der Waals surface area contributed by atoms with Gasteiger partial charge in [0.1, 0.15) is 0 Å². The summed E-state index contributed by atoms with van der Waals surface area (Å²) >= 11 is 0. The summed E-state index contributed by atoms with van der Waals surface area (Å²) < 4.78 is 23.9. The molecule has 26 heavy (non-hydrogen) atoms. The monoisotopic (exact) mass is 378 g/mol. The van der Waals surface area contributed by atoms with Crippen molar-refractivity contribution in [1.82, 2.24) is 5.32 Å². The van der Waals surface area contributed by atoms with Gasteiger partial charge in [-0.1, -0.05) is 25.0 Å². The van der Waals surface area contributed by atoms with Gasteiger partial charge in [-0.05, 0) is 63.8 Å². The van der Waals surface area contributed by atoms with Crippen molar-refractivity contribution >= 4 is 21.4 Å². The fourth-order valence-electron chi connectivity index (χ4n) is 4.07. The Hall–Kier alpha value is -1.40. The van der Waals surface area contributed by atoms with Crippen LogP contribution in [0.25, 0.3) is 0 Å². The predicted octanol–water partition coefficient (Wildman–Crippen LogP) is 3.12. The molecule has 0 aromatic heterocycles. The zero-order chi connectivity index (χ0) is 19.0. The number of hydrogen-bond donors (Lipinski definition) is 2. The molecule has 0 unspecified atom stereocenters. The summed E-state index contributed by atoms with van der Waals surface area (Å²) in [4.78, 5) is 13.0. The predicted molar refractivity (Wildman–Crippen MR) is 105 cm³/mol.